The van der Waals surface area contributed by atoms with E-state index in [1.165, 1.54) is 16.8 Å². The van der Waals surface area contributed by atoms with E-state index in [2.05, 4.69) is 10.4 Å². The Hall–Kier alpha value is -3.49. The van der Waals surface area contributed by atoms with Crippen molar-refractivity contribution in [3.8, 4) is 17.2 Å². The highest BCUT2D eigenvalue weighted by molar-refractivity contribution is 5.90. The molecule has 1 aromatic heterocycles. The van der Waals surface area contributed by atoms with E-state index in [4.69, 9.17) is 9.47 Å². The van der Waals surface area contributed by atoms with Gasteiger partial charge in [-0.15, -0.1) is 0 Å². The summed E-state index contributed by atoms with van der Waals surface area (Å²) in [6.45, 7) is 2.69. The van der Waals surface area contributed by atoms with Crippen LogP contribution in [0.1, 0.15) is 23.2 Å². The van der Waals surface area contributed by atoms with Crippen molar-refractivity contribution < 1.29 is 27.4 Å². The molecule has 2 aromatic carbocycles. The monoisotopic (exact) mass is 431 g/mol. The molecule has 0 bridgehead atoms. The SMILES string of the molecule is Cc1cc(NC(=O)CCc2ccc3c(c2)OCCO3)n(-c2cccc(C(F)(F)F)c2)n1. The molecule has 0 aliphatic carbocycles. The van der Waals surface area contributed by atoms with Crippen LogP contribution < -0.4 is 14.8 Å². The van der Waals surface area contributed by atoms with Gasteiger partial charge in [0.2, 0.25) is 5.91 Å². The highest BCUT2D eigenvalue weighted by Gasteiger charge is 2.30. The number of anilines is 1. The van der Waals surface area contributed by atoms with Crippen LogP contribution in [0.5, 0.6) is 11.5 Å². The van der Waals surface area contributed by atoms with Gasteiger partial charge in [-0.05, 0) is 49.2 Å². The van der Waals surface area contributed by atoms with Crippen LogP contribution in [0.3, 0.4) is 0 Å². The number of amides is 1. The van der Waals surface area contributed by atoms with E-state index < -0.39 is 11.7 Å². The van der Waals surface area contributed by atoms with Gasteiger partial charge in [0.05, 0.1) is 16.9 Å². The number of nitrogens with zero attached hydrogens (tertiary/aromatic N) is 2. The number of carbonyl (C=O) groups is 1. The maximum Gasteiger partial charge on any atom is 0.416 e. The zero-order chi connectivity index (χ0) is 22.0. The Balaban J connectivity index is 1.46. The van der Waals surface area contributed by atoms with Crippen LogP contribution in [-0.4, -0.2) is 28.9 Å². The molecule has 1 amide bonds. The molecule has 3 aromatic rings. The van der Waals surface area contributed by atoms with E-state index >= 15 is 0 Å². The number of ether oxygens (including phenoxy) is 2. The third kappa shape index (κ3) is 4.82. The quantitative estimate of drug-likeness (QED) is 0.644. The number of fused-ring (bicyclic) bond motifs is 1. The molecule has 0 atom stereocenters. The Bertz CT molecular complexity index is 1110. The largest absolute Gasteiger partial charge is 0.486 e. The summed E-state index contributed by atoms with van der Waals surface area (Å²) in [6.07, 6.45) is -3.81. The lowest BCUT2D eigenvalue weighted by Crippen LogP contribution is -2.17. The second-order valence-electron chi connectivity index (χ2n) is 7.16. The van der Waals surface area contributed by atoms with Gasteiger partial charge in [-0.25, -0.2) is 4.68 Å². The third-order valence-electron chi connectivity index (χ3n) is 4.76. The van der Waals surface area contributed by atoms with E-state index in [1.54, 1.807) is 13.0 Å². The van der Waals surface area contributed by atoms with Crippen LogP contribution >= 0.6 is 0 Å². The first kappa shape index (κ1) is 20.8. The first-order valence-electron chi connectivity index (χ1n) is 9.72. The number of hydrogen-bond acceptors (Lipinski definition) is 4. The van der Waals surface area contributed by atoms with Gasteiger partial charge >= 0.3 is 6.18 Å². The predicted octanol–water partition coefficient (Wildman–Crippen LogP) is 4.54. The molecule has 0 spiro atoms. The molecule has 4 rings (SSSR count). The van der Waals surface area contributed by atoms with Crippen molar-refractivity contribution in [2.45, 2.75) is 25.9 Å². The van der Waals surface area contributed by atoms with Gasteiger partial charge in [-0.1, -0.05) is 12.1 Å². The van der Waals surface area contributed by atoms with E-state index in [0.29, 0.717) is 42.6 Å². The molecular weight excluding hydrogens is 411 g/mol. The Morgan fingerprint density at radius 3 is 2.65 bits per heavy atom. The van der Waals surface area contributed by atoms with Gasteiger partial charge in [0.15, 0.2) is 11.5 Å². The molecule has 6 nitrogen and oxygen atoms in total. The van der Waals surface area contributed by atoms with Crippen LogP contribution in [0.15, 0.2) is 48.5 Å². The molecule has 9 heteroatoms. The lowest BCUT2D eigenvalue weighted by atomic mass is 10.1. The van der Waals surface area contributed by atoms with Gasteiger partial charge in [0.25, 0.3) is 0 Å². The summed E-state index contributed by atoms with van der Waals surface area (Å²) in [5.41, 5.74) is 0.917. The number of alkyl halides is 3. The first-order chi connectivity index (χ1) is 14.8. The number of aromatic nitrogens is 2. The lowest BCUT2D eigenvalue weighted by Gasteiger charge is -2.18. The minimum Gasteiger partial charge on any atom is -0.486 e. The number of rotatable bonds is 5. The van der Waals surface area contributed by atoms with E-state index in [0.717, 1.165) is 17.7 Å². The van der Waals surface area contributed by atoms with Crippen molar-refractivity contribution in [1.29, 1.82) is 0 Å². The minimum atomic E-state index is -4.47. The van der Waals surface area contributed by atoms with Gasteiger partial charge in [0.1, 0.15) is 19.0 Å². The minimum absolute atomic E-state index is 0.187. The topological polar surface area (TPSA) is 65.4 Å². The molecule has 0 radical (unpaired) electrons. The standard InChI is InChI=1S/C22H20F3N3O3/c1-14-11-20(28(27-14)17-4-2-3-16(13-17)22(23,24)25)26-21(29)8-6-15-5-7-18-19(12-15)31-10-9-30-18/h2-5,7,11-13H,6,8-10H2,1H3,(H,26,29). The molecule has 0 unspecified atom stereocenters. The van der Waals surface area contributed by atoms with Crippen LogP contribution in [0, 0.1) is 6.92 Å². The summed E-state index contributed by atoms with van der Waals surface area (Å²) in [5, 5.41) is 6.97. The smallest absolute Gasteiger partial charge is 0.416 e. The summed E-state index contributed by atoms with van der Waals surface area (Å²) in [7, 11) is 0. The summed E-state index contributed by atoms with van der Waals surface area (Å²) in [5.74, 6) is 1.37. The fraction of sp³-hybridized carbons (Fsp3) is 0.273. The van der Waals surface area contributed by atoms with Crippen LogP contribution in [-0.2, 0) is 17.4 Å². The second kappa shape index (κ2) is 8.33. The average Bonchev–Trinajstić information content (AvgIpc) is 3.11. The Kier molecular flexibility index (Phi) is 5.58. The molecule has 0 fully saturated rings. The van der Waals surface area contributed by atoms with Gasteiger partial charge in [-0.3, -0.25) is 4.79 Å². The number of carbonyl (C=O) groups excluding carboxylic acids is 1. The van der Waals surface area contributed by atoms with Crippen LogP contribution in [0.4, 0.5) is 19.0 Å². The Labute approximate surface area is 176 Å². The number of halogens is 3. The fourth-order valence-electron chi connectivity index (χ4n) is 3.31. The van der Waals surface area contributed by atoms with Crippen molar-refractivity contribution in [2.75, 3.05) is 18.5 Å². The Morgan fingerprint density at radius 2 is 1.87 bits per heavy atom. The van der Waals surface area contributed by atoms with Crippen LogP contribution in [0.2, 0.25) is 0 Å². The first-order valence-corrected chi connectivity index (χ1v) is 9.72. The van der Waals surface area contributed by atoms with E-state index in [9.17, 15) is 18.0 Å². The van der Waals surface area contributed by atoms with Crippen molar-refractivity contribution in [2.24, 2.45) is 0 Å². The number of aryl methyl sites for hydroxylation is 2. The number of benzene rings is 2. The molecule has 0 saturated heterocycles. The predicted molar refractivity (Wildman–Crippen MR) is 108 cm³/mol. The summed E-state index contributed by atoms with van der Waals surface area (Å²) in [6, 6.07) is 11.9. The number of nitrogens with one attached hydrogen (secondary N) is 1. The van der Waals surface area contributed by atoms with Crippen molar-refractivity contribution in [3.63, 3.8) is 0 Å². The van der Waals surface area contributed by atoms with Crippen molar-refractivity contribution >= 4 is 11.7 Å². The van der Waals surface area contributed by atoms with Gasteiger partial charge < -0.3 is 14.8 Å². The second-order valence-corrected chi connectivity index (χ2v) is 7.16. The molecule has 2 heterocycles. The molecule has 1 N–H and O–H groups in total. The normalized spacial score (nSPS) is 13.2. The fourth-order valence-corrected chi connectivity index (χ4v) is 3.31. The maximum atomic E-state index is 13.1. The molecule has 162 valence electrons. The molecule has 1 aliphatic heterocycles. The lowest BCUT2D eigenvalue weighted by molar-refractivity contribution is -0.137. The average molecular weight is 431 g/mol. The van der Waals surface area contributed by atoms with E-state index in [-0.39, 0.29) is 18.0 Å². The van der Waals surface area contributed by atoms with E-state index in [1.807, 2.05) is 18.2 Å². The third-order valence-corrected chi connectivity index (χ3v) is 4.76. The Morgan fingerprint density at radius 1 is 1.10 bits per heavy atom. The zero-order valence-electron chi connectivity index (χ0n) is 16.7. The van der Waals surface area contributed by atoms with Crippen LogP contribution in [0.25, 0.3) is 5.69 Å². The zero-order valence-corrected chi connectivity index (χ0v) is 16.7. The summed E-state index contributed by atoms with van der Waals surface area (Å²) >= 11 is 0. The van der Waals surface area contributed by atoms with Crippen molar-refractivity contribution in [1.82, 2.24) is 9.78 Å². The van der Waals surface area contributed by atoms with Crippen molar-refractivity contribution in [3.05, 3.63) is 65.4 Å². The highest BCUT2D eigenvalue weighted by atomic mass is 19.4. The number of hydrogen-bond donors (Lipinski definition) is 1. The highest BCUT2D eigenvalue weighted by Crippen LogP contribution is 2.32. The van der Waals surface area contributed by atoms with Gasteiger partial charge in [-0.2, -0.15) is 18.3 Å². The molecular formula is C22H20F3N3O3. The molecule has 31 heavy (non-hydrogen) atoms. The molecule has 0 saturated carbocycles. The summed E-state index contributed by atoms with van der Waals surface area (Å²) in [4.78, 5) is 12.5. The summed E-state index contributed by atoms with van der Waals surface area (Å²) < 4.78 is 51.5. The maximum absolute atomic E-state index is 13.1. The van der Waals surface area contributed by atoms with Gasteiger partial charge in [0, 0.05) is 12.5 Å². The molecule has 1 aliphatic rings.